The molecule has 0 aliphatic heterocycles. The van der Waals surface area contributed by atoms with Gasteiger partial charge in [0.2, 0.25) is 15.9 Å². The van der Waals surface area contributed by atoms with Crippen molar-refractivity contribution in [1.29, 1.82) is 0 Å². The van der Waals surface area contributed by atoms with Gasteiger partial charge in [0.25, 0.3) is 0 Å². The predicted molar refractivity (Wildman–Crippen MR) is 97.6 cm³/mol. The van der Waals surface area contributed by atoms with Crippen LogP contribution in [0, 0.1) is 18.6 Å². The van der Waals surface area contributed by atoms with Gasteiger partial charge in [-0.3, -0.25) is 9.10 Å². The quantitative estimate of drug-likeness (QED) is 0.798. The van der Waals surface area contributed by atoms with E-state index < -0.39 is 33.3 Å². The number of benzene rings is 2. The lowest BCUT2D eigenvalue weighted by atomic mass is 10.2. The number of hydrogen-bond donors (Lipinski definition) is 1. The van der Waals surface area contributed by atoms with Gasteiger partial charge >= 0.3 is 0 Å². The molecule has 0 aliphatic rings. The molecule has 26 heavy (non-hydrogen) atoms. The topological polar surface area (TPSA) is 66.5 Å². The summed E-state index contributed by atoms with van der Waals surface area (Å²) >= 11 is 0. The average Bonchev–Trinajstić information content (AvgIpc) is 2.55. The van der Waals surface area contributed by atoms with Crippen LogP contribution < -0.4 is 9.62 Å². The van der Waals surface area contributed by atoms with Crippen LogP contribution in [0.4, 0.5) is 20.2 Å². The Hall–Kier alpha value is -2.48. The van der Waals surface area contributed by atoms with Crippen molar-refractivity contribution in [3.63, 3.8) is 0 Å². The summed E-state index contributed by atoms with van der Waals surface area (Å²) < 4.78 is 52.3. The maximum Gasteiger partial charge on any atom is 0.232 e. The first-order chi connectivity index (χ1) is 12.2. The summed E-state index contributed by atoms with van der Waals surface area (Å²) in [6.45, 7) is 1.97. The number of amides is 1. The lowest BCUT2D eigenvalue weighted by Crippen LogP contribution is -2.31. The minimum Gasteiger partial charge on any atom is -0.321 e. The van der Waals surface area contributed by atoms with Crippen molar-refractivity contribution < 1.29 is 22.0 Å². The van der Waals surface area contributed by atoms with E-state index in [0.29, 0.717) is 5.69 Å². The monoisotopic (exact) mass is 382 g/mol. The minimum atomic E-state index is -3.52. The SMILES string of the molecule is Cc1ccc(N(CCCC(=O)Nc2c(F)cccc2F)S(C)(=O)=O)cc1. The highest BCUT2D eigenvalue weighted by Gasteiger charge is 2.18. The molecule has 140 valence electrons. The van der Waals surface area contributed by atoms with Gasteiger partial charge in [-0.05, 0) is 37.6 Å². The second kappa shape index (κ2) is 8.27. The molecule has 0 saturated carbocycles. The van der Waals surface area contributed by atoms with Gasteiger partial charge < -0.3 is 5.32 Å². The van der Waals surface area contributed by atoms with E-state index in [-0.39, 0.29) is 19.4 Å². The minimum absolute atomic E-state index is 0.0777. The Labute approximate surface area is 151 Å². The molecule has 1 amide bonds. The lowest BCUT2D eigenvalue weighted by molar-refractivity contribution is -0.116. The van der Waals surface area contributed by atoms with Crippen LogP contribution in [0.1, 0.15) is 18.4 Å². The standard InChI is InChI=1S/C18H20F2N2O3S/c1-13-8-10-14(11-9-13)22(26(2,24)25)12-4-7-17(23)21-18-15(19)5-3-6-16(18)20/h3,5-6,8-11H,4,7,12H2,1-2H3,(H,21,23). The van der Waals surface area contributed by atoms with Gasteiger partial charge in [0.05, 0.1) is 11.9 Å². The molecule has 0 fully saturated rings. The third kappa shape index (κ3) is 5.26. The first kappa shape index (κ1) is 19.8. The molecule has 0 aromatic heterocycles. The van der Waals surface area contributed by atoms with Crippen LogP contribution in [-0.2, 0) is 14.8 Å². The second-order valence-electron chi connectivity index (χ2n) is 5.92. The van der Waals surface area contributed by atoms with E-state index in [2.05, 4.69) is 5.32 Å². The number of para-hydroxylation sites is 1. The molecule has 0 atom stereocenters. The molecule has 5 nitrogen and oxygen atoms in total. The highest BCUT2D eigenvalue weighted by atomic mass is 32.2. The summed E-state index contributed by atoms with van der Waals surface area (Å²) in [5, 5.41) is 2.18. The number of nitrogens with one attached hydrogen (secondary N) is 1. The summed E-state index contributed by atoms with van der Waals surface area (Å²) in [5.41, 5.74) is 0.989. The van der Waals surface area contributed by atoms with Gasteiger partial charge in [0.15, 0.2) is 0 Å². The Kier molecular flexibility index (Phi) is 6.31. The summed E-state index contributed by atoms with van der Waals surface area (Å²) in [5.74, 6) is -2.32. The maximum absolute atomic E-state index is 13.5. The lowest BCUT2D eigenvalue weighted by Gasteiger charge is -2.22. The molecule has 0 aliphatic carbocycles. The van der Waals surface area contributed by atoms with Crippen molar-refractivity contribution in [2.24, 2.45) is 0 Å². The van der Waals surface area contributed by atoms with E-state index in [1.165, 1.54) is 10.4 Å². The van der Waals surface area contributed by atoms with E-state index in [1.54, 1.807) is 24.3 Å². The molecule has 2 aromatic carbocycles. The molecular formula is C18H20F2N2O3S. The van der Waals surface area contributed by atoms with Gasteiger partial charge in [-0.15, -0.1) is 0 Å². The van der Waals surface area contributed by atoms with E-state index in [4.69, 9.17) is 0 Å². The molecule has 0 heterocycles. The third-order valence-electron chi connectivity index (χ3n) is 3.71. The van der Waals surface area contributed by atoms with Gasteiger partial charge in [0.1, 0.15) is 17.3 Å². The smallest absolute Gasteiger partial charge is 0.232 e. The van der Waals surface area contributed by atoms with Crippen molar-refractivity contribution in [1.82, 2.24) is 0 Å². The summed E-state index contributed by atoms with van der Waals surface area (Å²) in [6, 6.07) is 10.2. The molecule has 8 heteroatoms. The average molecular weight is 382 g/mol. The van der Waals surface area contributed by atoms with Crippen molar-refractivity contribution in [3.8, 4) is 0 Å². The normalized spacial score (nSPS) is 11.2. The van der Waals surface area contributed by atoms with Crippen molar-refractivity contribution in [3.05, 3.63) is 59.7 Å². The Bertz CT molecular complexity index is 864. The van der Waals surface area contributed by atoms with Gasteiger partial charge in [-0.25, -0.2) is 17.2 Å². The molecule has 1 N–H and O–H groups in total. The Morgan fingerprint density at radius 2 is 1.65 bits per heavy atom. The van der Waals surface area contributed by atoms with Gasteiger partial charge in [0, 0.05) is 13.0 Å². The molecule has 0 bridgehead atoms. The van der Waals surface area contributed by atoms with Crippen LogP contribution in [-0.4, -0.2) is 27.1 Å². The Balaban J connectivity index is 1.99. The fourth-order valence-electron chi connectivity index (χ4n) is 2.40. The van der Waals surface area contributed by atoms with Crippen LogP contribution in [0.2, 0.25) is 0 Å². The number of hydrogen-bond acceptors (Lipinski definition) is 3. The van der Waals surface area contributed by atoms with E-state index >= 15 is 0 Å². The number of aryl methyl sites for hydroxylation is 1. The Morgan fingerprint density at radius 3 is 2.19 bits per heavy atom. The van der Waals surface area contributed by atoms with Gasteiger partial charge in [-0.2, -0.15) is 0 Å². The van der Waals surface area contributed by atoms with Crippen molar-refractivity contribution in [2.45, 2.75) is 19.8 Å². The van der Waals surface area contributed by atoms with Crippen molar-refractivity contribution >= 4 is 27.3 Å². The predicted octanol–water partition coefficient (Wildman–Crippen LogP) is 3.46. The molecular weight excluding hydrogens is 362 g/mol. The zero-order valence-electron chi connectivity index (χ0n) is 14.5. The van der Waals surface area contributed by atoms with Crippen LogP contribution in [0.15, 0.2) is 42.5 Å². The maximum atomic E-state index is 13.5. The Morgan fingerprint density at radius 1 is 1.08 bits per heavy atom. The summed E-state index contributed by atoms with van der Waals surface area (Å²) in [6.07, 6.45) is 1.20. The van der Waals surface area contributed by atoms with E-state index in [9.17, 15) is 22.0 Å². The molecule has 0 unspecified atom stereocenters. The molecule has 0 saturated heterocycles. The van der Waals surface area contributed by atoms with E-state index in [0.717, 1.165) is 24.0 Å². The first-order valence-corrected chi connectivity index (χ1v) is 9.81. The van der Waals surface area contributed by atoms with Crippen LogP contribution in [0.5, 0.6) is 0 Å². The number of sulfonamides is 1. The molecule has 2 aromatic rings. The molecule has 0 spiro atoms. The van der Waals surface area contributed by atoms with Crippen molar-refractivity contribution in [2.75, 3.05) is 22.4 Å². The van der Waals surface area contributed by atoms with Crippen LogP contribution in [0.25, 0.3) is 0 Å². The highest BCUT2D eigenvalue weighted by Crippen LogP contribution is 2.20. The summed E-state index contributed by atoms with van der Waals surface area (Å²) in [7, 11) is -3.52. The molecule has 0 radical (unpaired) electrons. The fourth-order valence-corrected chi connectivity index (χ4v) is 3.37. The molecule has 2 rings (SSSR count). The zero-order chi connectivity index (χ0) is 19.3. The van der Waals surface area contributed by atoms with E-state index in [1.807, 2.05) is 6.92 Å². The number of anilines is 2. The van der Waals surface area contributed by atoms with Gasteiger partial charge in [-0.1, -0.05) is 23.8 Å². The summed E-state index contributed by atoms with van der Waals surface area (Å²) in [4.78, 5) is 11.9. The number of halogens is 2. The highest BCUT2D eigenvalue weighted by molar-refractivity contribution is 7.92. The zero-order valence-corrected chi connectivity index (χ0v) is 15.3. The van der Waals surface area contributed by atoms with Crippen LogP contribution >= 0.6 is 0 Å². The number of carbonyl (C=O) groups is 1. The first-order valence-electron chi connectivity index (χ1n) is 7.97. The number of carbonyl (C=O) groups excluding carboxylic acids is 1. The largest absolute Gasteiger partial charge is 0.321 e. The number of nitrogens with zero attached hydrogens (tertiary/aromatic N) is 1. The van der Waals surface area contributed by atoms with Crippen LogP contribution in [0.3, 0.4) is 0 Å². The third-order valence-corrected chi connectivity index (χ3v) is 4.91. The number of rotatable bonds is 7. The fraction of sp³-hybridized carbons (Fsp3) is 0.278. The second-order valence-corrected chi connectivity index (χ2v) is 7.83.